The quantitative estimate of drug-likeness (QED) is 0.487. The van der Waals surface area contributed by atoms with Crippen molar-refractivity contribution in [2.24, 2.45) is 0 Å². The maximum atomic E-state index is 6.04. The molecule has 3 rings (SSSR count). The number of hydrogen-bond acceptors (Lipinski definition) is 0. The fraction of sp³-hybridized carbons (Fsp3) is 0.130. The first-order valence-electron chi connectivity index (χ1n) is 8.30. The van der Waals surface area contributed by atoms with E-state index in [1.54, 1.807) is 0 Å². The molecule has 0 saturated carbocycles. The zero-order chi connectivity index (χ0) is 16.8. The summed E-state index contributed by atoms with van der Waals surface area (Å²) in [5.74, 6) is 0. The summed E-state index contributed by atoms with van der Waals surface area (Å²) in [6.07, 6.45) is 4.40. The number of halogens is 1. The second-order valence-corrected chi connectivity index (χ2v) is 6.39. The number of hydrogen-bond donors (Lipinski definition) is 0. The third-order valence-electron chi connectivity index (χ3n) is 4.26. The lowest BCUT2D eigenvalue weighted by atomic mass is 9.95. The highest BCUT2D eigenvalue weighted by atomic mass is 35.5. The predicted molar refractivity (Wildman–Crippen MR) is 104 cm³/mol. The molecule has 0 amide bonds. The van der Waals surface area contributed by atoms with Crippen LogP contribution >= 0.6 is 11.6 Å². The molecule has 0 spiro atoms. The van der Waals surface area contributed by atoms with E-state index in [-0.39, 0.29) is 0 Å². The number of benzene rings is 3. The third kappa shape index (κ3) is 4.15. The van der Waals surface area contributed by atoms with Crippen LogP contribution in [0.4, 0.5) is 0 Å². The normalized spacial score (nSPS) is 11.5. The fourth-order valence-electron chi connectivity index (χ4n) is 2.91. The first-order chi connectivity index (χ1) is 11.7. The Labute approximate surface area is 149 Å². The van der Waals surface area contributed by atoms with Gasteiger partial charge >= 0.3 is 0 Å². The van der Waals surface area contributed by atoms with Crippen LogP contribution in [0, 0.1) is 6.92 Å². The van der Waals surface area contributed by atoms with Crippen molar-refractivity contribution >= 4 is 17.2 Å². The maximum absolute atomic E-state index is 6.04. The Hall–Kier alpha value is -2.31. The second kappa shape index (κ2) is 7.99. The fourth-order valence-corrected chi connectivity index (χ4v) is 3.04. The molecule has 24 heavy (non-hydrogen) atoms. The molecule has 0 aliphatic heterocycles. The first-order valence-corrected chi connectivity index (χ1v) is 8.68. The van der Waals surface area contributed by atoms with Gasteiger partial charge in [-0.1, -0.05) is 84.4 Å². The van der Waals surface area contributed by atoms with Crippen LogP contribution in [0.1, 0.15) is 28.7 Å². The van der Waals surface area contributed by atoms with Crippen LogP contribution in [0.2, 0.25) is 5.02 Å². The molecule has 0 unspecified atom stereocenters. The first kappa shape index (κ1) is 16.5. The van der Waals surface area contributed by atoms with Crippen LogP contribution in [0.15, 0.2) is 84.9 Å². The number of aryl methyl sites for hydroxylation is 2. The van der Waals surface area contributed by atoms with Gasteiger partial charge < -0.3 is 0 Å². The summed E-state index contributed by atoms with van der Waals surface area (Å²) in [6, 6.07) is 27.2. The Morgan fingerprint density at radius 1 is 0.792 bits per heavy atom. The highest BCUT2D eigenvalue weighted by Gasteiger charge is 2.05. The molecule has 0 aliphatic rings. The summed E-state index contributed by atoms with van der Waals surface area (Å²) in [4.78, 5) is 0. The smallest absolute Gasteiger partial charge is 0.0406 e. The van der Waals surface area contributed by atoms with Crippen LogP contribution in [0.3, 0.4) is 0 Å². The molecule has 0 aromatic heterocycles. The molecule has 0 atom stereocenters. The molecule has 0 saturated heterocycles. The Morgan fingerprint density at radius 2 is 1.42 bits per heavy atom. The van der Waals surface area contributed by atoms with Gasteiger partial charge in [0.05, 0.1) is 0 Å². The van der Waals surface area contributed by atoms with Gasteiger partial charge in [-0.2, -0.15) is 0 Å². The second-order valence-electron chi connectivity index (χ2n) is 5.96. The van der Waals surface area contributed by atoms with E-state index in [4.69, 9.17) is 11.6 Å². The molecule has 0 N–H and O–H groups in total. The van der Waals surface area contributed by atoms with E-state index in [1.165, 1.54) is 27.8 Å². The number of rotatable bonds is 5. The van der Waals surface area contributed by atoms with E-state index >= 15 is 0 Å². The van der Waals surface area contributed by atoms with Crippen molar-refractivity contribution in [1.29, 1.82) is 0 Å². The van der Waals surface area contributed by atoms with E-state index in [0.717, 1.165) is 17.9 Å². The van der Waals surface area contributed by atoms with Crippen LogP contribution in [0.25, 0.3) is 5.57 Å². The summed E-state index contributed by atoms with van der Waals surface area (Å²) in [7, 11) is 0. The van der Waals surface area contributed by atoms with Crippen LogP contribution in [0.5, 0.6) is 0 Å². The standard InChI is InChI=1S/C23H21Cl/c1-18-8-5-6-9-19(18)12-7-13-23(20-10-3-2-4-11-20)21-14-16-22(24)17-15-21/h2-6,8-11,13-17H,7,12H2,1H3/b23-13+. The Morgan fingerprint density at radius 3 is 2.12 bits per heavy atom. The Kier molecular flexibility index (Phi) is 5.51. The lowest BCUT2D eigenvalue weighted by molar-refractivity contribution is 0.988. The zero-order valence-electron chi connectivity index (χ0n) is 13.9. The molecule has 120 valence electrons. The number of allylic oxidation sites excluding steroid dienone is 1. The average Bonchev–Trinajstić information content (AvgIpc) is 2.62. The van der Waals surface area contributed by atoms with E-state index in [0.29, 0.717) is 0 Å². The third-order valence-corrected chi connectivity index (χ3v) is 4.52. The summed E-state index contributed by atoms with van der Waals surface area (Å²) >= 11 is 6.04. The molecule has 1 heteroatoms. The molecule has 0 nitrogen and oxygen atoms in total. The highest BCUT2D eigenvalue weighted by Crippen LogP contribution is 2.25. The van der Waals surface area contributed by atoms with Crippen LogP contribution in [-0.4, -0.2) is 0 Å². The summed E-state index contributed by atoms with van der Waals surface area (Å²) in [5, 5.41) is 0.770. The Bertz CT molecular complexity index is 814. The van der Waals surface area contributed by atoms with Gasteiger partial charge in [-0.25, -0.2) is 0 Å². The van der Waals surface area contributed by atoms with Crippen molar-refractivity contribution in [1.82, 2.24) is 0 Å². The highest BCUT2D eigenvalue weighted by molar-refractivity contribution is 6.30. The van der Waals surface area contributed by atoms with Crippen molar-refractivity contribution in [2.75, 3.05) is 0 Å². The summed E-state index contributed by atoms with van der Waals surface area (Å²) < 4.78 is 0. The van der Waals surface area contributed by atoms with E-state index in [2.05, 4.69) is 79.7 Å². The zero-order valence-corrected chi connectivity index (χ0v) is 14.6. The molecular weight excluding hydrogens is 312 g/mol. The minimum absolute atomic E-state index is 0.770. The van der Waals surface area contributed by atoms with Gasteiger partial charge in [-0.3, -0.25) is 0 Å². The van der Waals surface area contributed by atoms with Gasteiger partial charge in [-0.15, -0.1) is 0 Å². The van der Waals surface area contributed by atoms with Gasteiger partial charge in [0.2, 0.25) is 0 Å². The summed E-state index contributed by atoms with van der Waals surface area (Å²) in [6.45, 7) is 2.18. The lowest BCUT2D eigenvalue weighted by Gasteiger charge is -2.10. The van der Waals surface area contributed by atoms with Crippen molar-refractivity contribution in [3.8, 4) is 0 Å². The van der Waals surface area contributed by atoms with Gasteiger partial charge in [0, 0.05) is 5.02 Å². The minimum atomic E-state index is 0.770. The molecule has 0 aliphatic carbocycles. The van der Waals surface area contributed by atoms with E-state index < -0.39 is 0 Å². The topological polar surface area (TPSA) is 0 Å². The van der Waals surface area contributed by atoms with Crippen LogP contribution in [-0.2, 0) is 6.42 Å². The Balaban J connectivity index is 1.87. The summed E-state index contributed by atoms with van der Waals surface area (Å²) in [5.41, 5.74) is 6.48. The molecule has 3 aromatic rings. The van der Waals surface area contributed by atoms with E-state index in [9.17, 15) is 0 Å². The monoisotopic (exact) mass is 332 g/mol. The van der Waals surface area contributed by atoms with Crippen molar-refractivity contribution in [3.05, 3.63) is 112 Å². The molecule has 0 fully saturated rings. The van der Waals surface area contributed by atoms with Gasteiger partial charge in [0.25, 0.3) is 0 Å². The van der Waals surface area contributed by atoms with Crippen LogP contribution < -0.4 is 0 Å². The molecule has 3 aromatic carbocycles. The van der Waals surface area contributed by atoms with Gasteiger partial charge in [0.1, 0.15) is 0 Å². The van der Waals surface area contributed by atoms with Crippen molar-refractivity contribution in [3.63, 3.8) is 0 Å². The van der Waals surface area contributed by atoms with Crippen molar-refractivity contribution < 1.29 is 0 Å². The average molecular weight is 333 g/mol. The predicted octanol–water partition coefficient (Wildman–Crippen LogP) is 6.71. The van der Waals surface area contributed by atoms with Gasteiger partial charge in [0.15, 0.2) is 0 Å². The molecule has 0 bridgehead atoms. The van der Waals surface area contributed by atoms with Gasteiger partial charge in [-0.05, 0) is 59.7 Å². The molecule has 0 radical (unpaired) electrons. The SMILES string of the molecule is Cc1ccccc1CC/C=C(\c1ccccc1)c1ccc(Cl)cc1. The lowest BCUT2D eigenvalue weighted by Crippen LogP contribution is -1.91. The minimum Gasteiger partial charge on any atom is -0.0843 e. The van der Waals surface area contributed by atoms with E-state index in [1.807, 2.05) is 12.1 Å². The molecule has 0 heterocycles. The maximum Gasteiger partial charge on any atom is 0.0406 e. The van der Waals surface area contributed by atoms with Crippen molar-refractivity contribution in [2.45, 2.75) is 19.8 Å². The largest absolute Gasteiger partial charge is 0.0843 e. The molecular formula is C23H21Cl.